The number of carbonyl (C=O) groups is 1. The second-order valence-corrected chi connectivity index (χ2v) is 7.55. The maximum absolute atomic E-state index is 10.5. The Morgan fingerprint density at radius 2 is 1.28 bits per heavy atom. The molecule has 2 atom stereocenters. The van der Waals surface area contributed by atoms with Gasteiger partial charge in [-0.15, -0.1) is 0 Å². The van der Waals surface area contributed by atoms with Crippen molar-refractivity contribution >= 4 is 5.97 Å². The van der Waals surface area contributed by atoms with Gasteiger partial charge in [-0.1, -0.05) is 90.4 Å². The number of carboxylic acid groups (broad SMARTS) is 1. The average molecular weight is 359 g/mol. The van der Waals surface area contributed by atoms with E-state index in [-0.39, 0.29) is 13.0 Å². The van der Waals surface area contributed by atoms with Crippen molar-refractivity contribution in [3.05, 3.63) is 0 Å². The number of unbranched alkanes of at least 4 members (excludes halogenated alkanes) is 10. The van der Waals surface area contributed by atoms with Crippen LogP contribution in [0.1, 0.15) is 110 Å². The van der Waals surface area contributed by atoms with Crippen molar-refractivity contribution in [2.24, 2.45) is 5.92 Å². The topological polar surface area (TPSA) is 77.8 Å². The molecule has 0 heterocycles. The highest BCUT2D eigenvalue weighted by Crippen LogP contribution is 2.23. The Kier molecular flexibility index (Phi) is 17.7. The van der Waals surface area contributed by atoms with E-state index < -0.39 is 12.1 Å². The van der Waals surface area contributed by atoms with Crippen LogP contribution in [0.15, 0.2) is 0 Å². The van der Waals surface area contributed by atoms with Gasteiger partial charge in [-0.3, -0.25) is 4.79 Å². The molecule has 150 valence electrons. The highest BCUT2D eigenvalue weighted by Gasteiger charge is 2.13. The number of aliphatic hydroxyl groups is 2. The zero-order chi connectivity index (χ0) is 18.8. The summed E-state index contributed by atoms with van der Waals surface area (Å²) in [6.45, 7) is 2.10. The van der Waals surface area contributed by atoms with E-state index in [9.17, 15) is 9.90 Å². The standard InChI is InChI=1S/C21H42O4/c1-2-3-4-5-6-8-11-14-19(17-20(23)18-22)15-12-9-7-10-13-16-21(24)25/h19-20,22-23H,2-18H2,1H3,(H,24,25). The molecule has 0 bridgehead atoms. The van der Waals surface area contributed by atoms with Crippen LogP contribution >= 0.6 is 0 Å². The summed E-state index contributed by atoms with van der Waals surface area (Å²) in [7, 11) is 0. The molecule has 4 heteroatoms. The van der Waals surface area contributed by atoms with Gasteiger partial charge in [-0.05, 0) is 18.8 Å². The van der Waals surface area contributed by atoms with E-state index in [0.29, 0.717) is 12.3 Å². The van der Waals surface area contributed by atoms with Gasteiger partial charge in [0.05, 0.1) is 12.7 Å². The van der Waals surface area contributed by atoms with Crippen molar-refractivity contribution in [1.82, 2.24) is 0 Å². The zero-order valence-electron chi connectivity index (χ0n) is 16.4. The second kappa shape index (κ2) is 18.2. The number of rotatable bonds is 19. The van der Waals surface area contributed by atoms with Crippen molar-refractivity contribution in [3.8, 4) is 0 Å². The first-order chi connectivity index (χ1) is 12.1. The third-order valence-electron chi connectivity index (χ3n) is 5.04. The van der Waals surface area contributed by atoms with Crippen molar-refractivity contribution in [2.45, 2.75) is 116 Å². The molecule has 0 spiro atoms. The van der Waals surface area contributed by atoms with E-state index >= 15 is 0 Å². The van der Waals surface area contributed by atoms with Crippen LogP contribution in [-0.4, -0.2) is 34.0 Å². The molecule has 0 radical (unpaired) electrons. The molecule has 2 unspecified atom stereocenters. The van der Waals surface area contributed by atoms with E-state index in [1.54, 1.807) is 0 Å². The van der Waals surface area contributed by atoms with E-state index in [0.717, 1.165) is 44.9 Å². The number of aliphatic hydroxyl groups excluding tert-OH is 2. The second-order valence-electron chi connectivity index (χ2n) is 7.55. The normalized spacial score (nSPS) is 13.7. The fourth-order valence-electron chi connectivity index (χ4n) is 3.47. The summed E-state index contributed by atoms with van der Waals surface area (Å²) in [5.74, 6) is -0.190. The summed E-state index contributed by atoms with van der Waals surface area (Å²) < 4.78 is 0. The fraction of sp³-hybridized carbons (Fsp3) is 0.952. The summed E-state index contributed by atoms with van der Waals surface area (Å²) in [5, 5.41) is 27.5. The van der Waals surface area contributed by atoms with Crippen LogP contribution in [0.2, 0.25) is 0 Å². The molecule has 3 N–H and O–H groups in total. The molecule has 0 aromatic carbocycles. The van der Waals surface area contributed by atoms with Crippen LogP contribution in [0.5, 0.6) is 0 Å². The summed E-state index contributed by atoms with van der Waals surface area (Å²) in [6.07, 6.45) is 17.0. The Balaban J connectivity index is 3.76. The molecular weight excluding hydrogens is 316 g/mol. The summed E-state index contributed by atoms with van der Waals surface area (Å²) in [5.41, 5.74) is 0. The highest BCUT2D eigenvalue weighted by atomic mass is 16.4. The number of hydrogen-bond acceptors (Lipinski definition) is 3. The van der Waals surface area contributed by atoms with Gasteiger partial charge in [0.15, 0.2) is 0 Å². The Hall–Kier alpha value is -0.610. The third kappa shape index (κ3) is 18.0. The predicted molar refractivity (Wildman–Crippen MR) is 104 cm³/mol. The van der Waals surface area contributed by atoms with Crippen LogP contribution in [0, 0.1) is 5.92 Å². The van der Waals surface area contributed by atoms with Gasteiger partial charge >= 0.3 is 5.97 Å². The van der Waals surface area contributed by atoms with Crippen LogP contribution < -0.4 is 0 Å². The Morgan fingerprint density at radius 1 is 0.800 bits per heavy atom. The highest BCUT2D eigenvalue weighted by molar-refractivity contribution is 5.66. The molecule has 0 aromatic rings. The minimum atomic E-state index is -0.701. The molecule has 0 saturated carbocycles. The predicted octanol–water partition coefficient (Wildman–Crippen LogP) is 5.30. The SMILES string of the molecule is CCCCCCCCCC(CCCCCCCC(=O)O)CC(O)CO. The van der Waals surface area contributed by atoms with Gasteiger partial charge in [0, 0.05) is 6.42 Å². The van der Waals surface area contributed by atoms with Gasteiger partial charge in [0.25, 0.3) is 0 Å². The molecule has 0 aliphatic heterocycles. The number of hydrogen-bond donors (Lipinski definition) is 3. The largest absolute Gasteiger partial charge is 0.481 e. The van der Waals surface area contributed by atoms with Crippen LogP contribution in [0.4, 0.5) is 0 Å². The quantitative estimate of drug-likeness (QED) is 0.274. The first-order valence-corrected chi connectivity index (χ1v) is 10.6. The number of carboxylic acids is 1. The Labute approximate surface area is 155 Å². The molecule has 4 nitrogen and oxygen atoms in total. The summed E-state index contributed by atoms with van der Waals surface area (Å²) >= 11 is 0. The van der Waals surface area contributed by atoms with E-state index in [4.69, 9.17) is 10.2 Å². The lowest BCUT2D eigenvalue weighted by atomic mass is 9.89. The zero-order valence-corrected chi connectivity index (χ0v) is 16.4. The van der Waals surface area contributed by atoms with Crippen molar-refractivity contribution in [1.29, 1.82) is 0 Å². The van der Waals surface area contributed by atoms with Crippen LogP contribution in [0.25, 0.3) is 0 Å². The molecule has 0 aromatic heterocycles. The Bertz CT molecular complexity index is 294. The van der Waals surface area contributed by atoms with Gasteiger partial charge in [-0.2, -0.15) is 0 Å². The van der Waals surface area contributed by atoms with Crippen molar-refractivity contribution in [3.63, 3.8) is 0 Å². The first kappa shape index (κ1) is 24.4. The van der Waals surface area contributed by atoms with Gasteiger partial charge in [0.2, 0.25) is 0 Å². The molecule has 25 heavy (non-hydrogen) atoms. The molecular formula is C21H42O4. The molecule has 0 amide bonds. The van der Waals surface area contributed by atoms with E-state index in [1.807, 2.05) is 0 Å². The maximum atomic E-state index is 10.5. The van der Waals surface area contributed by atoms with E-state index in [2.05, 4.69) is 6.92 Å². The smallest absolute Gasteiger partial charge is 0.303 e. The molecule has 0 aliphatic carbocycles. The summed E-state index contributed by atoms with van der Waals surface area (Å²) in [6, 6.07) is 0. The lowest BCUT2D eigenvalue weighted by Crippen LogP contribution is -2.17. The lowest BCUT2D eigenvalue weighted by molar-refractivity contribution is -0.137. The minimum Gasteiger partial charge on any atom is -0.481 e. The van der Waals surface area contributed by atoms with Crippen molar-refractivity contribution in [2.75, 3.05) is 6.61 Å². The van der Waals surface area contributed by atoms with Gasteiger partial charge in [-0.25, -0.2) is 0 Å². The fourth-order valence-corrected chi connectivity index (χ4v) is 3.47. The molecule has 0 saturated heterocycles. The van der Waals surface area contributed by atoms with E-state index in [1.165, 1.54) is 44.9 Å². The molecule has 0 fully saturated rings. The molecule has 0 aliphatic rings. The third-order valence-corrected chi connectivity index (χ3v) is 5.04. The first-order valence-electron chi connectivity index (χ1n) is 10.6. The average Bonchev–Trinajstić information content (AvgIpc) is 2.59. The van der Waals surface area contributed by atoms with Gasteiger partial charge < -0.3 is 15.3 Å². The minimum absolute atomic E-state index is 0.136. The monoisotopic (exact) mass is 358 g/mol. The lowest BCUT2D eigenvalue weighted by Gasteiger charge is -2.19. The van der Waals surface area contributed by atoms with Crippen LogP contribution in [-0.2, 0) is 4.79 Å². The van der Waals surface area contributed by atoms with Gasteiger partial charge in [0.1, 0.15) is 0 Å². The Morgan fingerprint density at radius 3 is 1.76 bits per heavy atom. The maximum Gasteiger partial charge on any atom is 0.303 e. The van der Waals surface area contributed by atoms with Crippen molar-refractivity contribution < 1.29 is 20.1 Å². The molecule has 0 rings (SSSR count). The number of aliphatic carboxylic acids is 1. The van der Waals surface area contributed by atoms with Crippen LogP contribution in [0.3, 0.4) is 0 Å². The summed E-state index contributed by atoms with van der Waals surface area (Å²) in [4.78, 5) is 10.5.